The Balaban J connectivity index is 1.43. The Morgan fingerprint density at radius 3 is 1.42 bits per heavy atom. The van der Waals surface area contributed by atoms with Crippen molar-refractivity contribution in [2.75, 3.05) is 51.4 Å². The van der Waals surface area contributed by atoms with Crippen molar-refractivity contribution in [2.24, 2.45) is 0 Å². The SMILES string of the molecule is CC(C)(c1ccc(OC[C@@H](O)COC(C)(c2ccc(OC[C@@H](O)CO)cc2)c2ccc(OC[C@@H](O)CCl)c(F)c2)cc1)c1ccc(OC[C@H](O)CCl)c(F)c1. The van der Waals surface area contributed by atoms with E-state index in [1.807, 2.05) is 26.0 Å². The fourth-order valence-corrected chi connectivity index (χ4v) is 5.65. The van der Waals surface area contributed by atoms with Gasteiger partial charge in [-0.05, 0) is 77.7 Å². The highest BCUT2D eigenvalue weighted by Gasteiger charge is 2.32. The zero-order valence-corrected chi connectivity index (χ0v) is 32.4. The Morgan fingerprint density at radius 2 is 0.945 bits per heavy atom. The summed E-state index contributed by atoms with van der Waals surface area (Å²) < 4.78 is 58.6. The van der Waals surface area contributed by atoms with Crippen LogP contribution >= 0.6 is 23.2 Å². The van der Waals surface area contributed by atoms with Crippen LogP contribution in [0.25, 0.3) is 0 Å². The molecule has 5 N–H and O–H groups in total. The van der Waals surface area contributed by atoms with Gasteiger partial charge in [-0.3, -0.25) is 0 Å². The largest absolute Gasteiger partial charge is 0.491 e. The van der Waals surface area contributed by atoms with Crippen molar-refractivity contribution in [3.63, 3.8) is 0 Å². The third-order valence-electron chi connectivity index (χ3n) is 9.00. The van der Waals surface area contributed by atoms with Gasteiger partial charge in [0.05, 0.1) is 25.0 Å². The molecule has 1 unspecified atom stereocenters. The second-order valence-corrected chi connectivity index (χ2v) is 14.3. The first kappa shape index (κ1) is 44.0. The number of alkyl halides is 2. The maximum Gasteiger partial charge on any atom is 0.165 e. The number of hydrogen-bond donors (Lipinski definition) is 5. The molecule has 4 rings (SSSR count). The number of aliphatic hydroxyl groups is 5. The Kier molecular flexibility index (Phi) is 16.4. The minimum Gasteiger partial charge on any atom is -0.491 e. The standard InChI is InChI=1S/C41H48Cl2F2O10/c1-40(2,28-8-14-38(36(44)16-28)53-21-30(47)18-42)26-4-10-34(11-5-26)52-24-33(50)25-55-41(3,27-6-12-35(13-7-27)51-23-32(49)20-46)29-9-15-39(37(45)17-29)54-22-31(48)19-43/h4-17,30-33,46-50H,18-25H2,1-3H3/t30-,31+,32+,33-,41?/m1/s1. The first-order chi connectivity index (χ1) is 26.2. The predicted octanol–water partition coefficient (Wildman–Crippen LogP) is 5.70. The summed E-state index contributed by atoms with van der Waals surface area (Å²) >= 11 is 11.2. The van der Waals surface area contributed by atoms with Crippen molar-refractivity contribution in [3.8, 4) is 23.0 Å². The maximum atomic E-state index is 15.3. The van der Waals surface area contributed by atoms with Gasteiger partial charge in [0, 0.05) is 5.41 Å². The number of halogens is 4. The summed E-state index contributed by atoms with van der Waals surface area (Å²) in [5, 5.41) is 49.0. The molecule has 4 aromatic rings. The fourth-order valence-electron chi connectivity index (χ4n) is 5.47. The lowest BCUT2D eigenvalue weighted by atomic mass is 9.78. The Hall–Kier alpha value is -3.72. The van der Waals surface area contributed by atoms with Gasteiger partial charge < -0.3 is 49.2 Å². The van der Waals surface area contributed by atoms with Crippen LogP contribution in [0.4, 0.5) is 8.78 Å². The topological polar surface area (TPSA) is 147 Å². The molecule has 0 aliphatic heterocycles. The van der Waals surface area contributed by atoms with Crippen molar-refractivity contribution in [1.82, 2.24) is 0 Å². The van der Waals surface area contributed by atoms with Crippen molar-refractivity contribution in [1.29, 1.82) is 0 Å². The Morgan fingerprint density at radius 1 is 0.527 bits per heavy atom. The Bertz CT molecular complexity index is 1780. The van der Waals surface area contributed by atoms with Gasteiger partial charge in [0.25, 0.3) is 0 Å². The molecule has 0 saturated heterocycles. The van der Waals surface area contributed by atoms with Gasteiger partial charge in [-0.1, -0.05) is 50.2 Å². The predicted molar refractivity (Wildman–Crippen MR) is 205 cm³/mol. The van der Waals surface area contributed by atoms with Crippen LogP contribution in [0.5, 0.6) is 23.0 Å². The molecule has 10 nitrogen and oxygen atoms in total. The van der Waals surface area contributed by atoms with Crippen LogP contribution in [0.1, 0.15) is 43.0 Å². The molecule has 0 aliphatic carbocycles. The molecule has 55 heavy (non-hydrogen) atoms. The summed E-state index contributed by atoms with van der Waals surface area (Å²) in [6, 6.07) is 22.9. The van der Waals surface area contributed by atoms with Gasteiger partial charge >= 0.3 is 0 Å². The van der Waals surface area contributed by atoms with E-state index in [0.29, 0.717) is 28.2 Å². The van der Waals surface area contributed by atoms with E-state index in [0.717, 1.165) is 5.56 Å². The molecular weight excluding hydrogens is 761 g/mol. The Labute approximate surface area is 329 Å². The van der Waals surface area contributed by atoms with E-state index < -0.39 is 53.7 Å². The van der Waals surface area contributed by atoms with E-state index in [1.165, 1.54) is 24.3 Å². The van der Waals surface area contributed by atoms with E-state index in [4.69, 9.17) is 52.0 Å². The number of ether oxygens (including phenoxy) is 5. The minimum atomic E-state index is -1.29. The summed E-state index contributed by atoms with van der Waals surface area (Å²) in [6.07, 6.45) is -4.02. The molecule has 0 fully saturated rings. The smallest absolute Gasteiger partial charge is 0.165 e. The lowest BCUT2D eigenvalue weighted by Gasteiger charge is -2.32. The average molecular weight is 810 g/mol. The van der Waals surface area contributed by atoms with Crippen LogP contribution in [0.2, 0.25) is 0 Å². The van der Waals surface area contributed by atoms with E-state index >= 15 is 4.39 Å². The minimum absolute atomic E-state index is 0.0182. The lowest BCUT2D eigenvalue weighted by Crippen LogP contribution is -2.33. The molecule has 4 aromatic carbocycles. The fraction of sp³-hybridized carbons (Fsp3) is 0.415. The van der Waals surface area contributed by atoms with Gasteiger partial charge in [0.2, 0.25) is 0 Å². The molecule has 0 amide bonds. The van der Waals surface area contributed by atoms with Crippen molar-refractivity contribution >= 4 is 23.2 Å². The maximum absolute atomic E-state index is 15.3. The zero-order chi connectivity index (χ0) is 40.2. The second-order valence-electron chi connectivity index (χ2n) is 13.7. The molecule has 5 atom stereocenters. The second kappa shape index (κ2) is 20.4. The van der Waals surface area contributed by atoms with Gasteiger partial charge in [0.1, 0.15) is 67.9 Å². The summed E-state index contributed by atoms with van der Waals surface area (Å²) in [5.74, 6) is -0.516. The third kappa shape index (κ3) is 12.1. The highest BCUT2D eigenvalue weighted by molar-refractivity contribution is 6.18. The number of aliphatic hydroxyl groups excluding tert-OH is 5. The van der Waals surface area contributed by atoms with Crippen LogP contribution in [0.15, 0.2) is 84.9 Å². The van der Waals surface area contributed by atoms with Gasteiger partial charge in [-0.15, -0.1) is 23.2 Å². The van der Waals surface area contributed by atoms with Gasteiger partial charge in [0.15, 0.2) is 23.1 Å². The van der Waals surface area contributed by atoms with Crippen molar-refractivity contribution in [2.45, 2.75) is 56.2 Å². The molecule has 300 valence electrons. The summed E-state index contributed by atoms with van der Waals surface area (Å²) in [6.45, 7) is 4.40. The molecule has 0 bridgehead atoms. The number of rotatable bonds is 22. The van der Waals surface area contributed by atoms with Crippen molar-refractivity contribution in [3.05, 3.63) is 119 Å². The summed E-state index contributed by atoms with van der Waals surface area (Å²) in [4.78, 5) is 0. The number of benzene rings is 4. The summed E-state index contributed by atoms with van der Waals surface area (Å²) in [5.41, 5.74) is 0.692. The molecule has 0 spiro atoms. The monoisotopic (exact) mass is 808 g/mol. The highest BCUT2D eigenvalue weighted by atomic mass is 35.5. The van der Waals surface area contributed by atoms with Crippen LogP contribution in [-0.2, 0) is 15.8 Å². The van der Waals surface area contributed by atoms with Crippen LogP contribution in [-0.4, -0.2) is 101 Å². The van der Waals surface area contributed by atoms with Gasteiger partial charge in [-0.2, -0.15) is 0 Å². The van der Waals surface area contributed by atoms with E-state index in [2.05, 4.69) is 0 Å². The van der Waals surface area contributed by atoms with Gasteiger partial charge in [-0.25, -0.2) is 8.78 Å². The quantitative estimate of drug-likeness (QED) is 0.0627. The summed E-state index contributed by atoms with van der Waals surface area (Å²) in [7, 11) is 0. The molecular formula is C41H48Cl2F2O10. The molecule has 0 aliphatic rings. The molecule has 14 heteroatoms. The molecule has 0 aromatic heterocycles. The van der Waals surface area contributed by atoms with E-state index in [-0.39, 0.29) is 56.3 Å². The molecule has 0 radical (unpaired) electrons. The molecule has 0 heterocycles. The number of hydrogen-bond acceptors (Lipinski definition) is 10. The van der Waals surface area contributed by atoms with E-state index in [1.54, 1.807) is 55.5 Å². The zero-order valence-electron chi connectivity index (χ0n) is 30.8. The highest BCUT2D eigenvalue weighted by Crippen LogP contribution is 2.37. The molecule has 0 saturated carbocycles. The first-order valence-corrected chi connectivity index (χ1v) is 18.7. The van der Waals surface area contributed by atoms with Crippen LogP contribution in [0.3, 0.4) is 0 Å². The van der Waals surface area contributed by atoms with Crippen molar-refractivity contribution < 1.29 is 58.0 Å². The van der Waals surface area contributed by atoms with Crippen LogP contribution in [0, 0.1) is 11.6 Å². The lowest BCUT2D eigenvalue weighted by molar-refractivity contribution is -0.0602. The van der Waals surface area contributed by atoms with E-state index in [9.17, 15) is 24.8 Å². The first-order valence-electron chi connectivity index (χ1n) is 17.6. The average Bonchev–Trinajstić information content (AvgIpc) is 3.20. The van der Waals surface area contributed by atoms with Crippen LogP contribution < -0.4 is 18.9 Å². The third-order valence-corrected chi connectivity index (χ3v) is 9.71. The normalized spacial score (nSPS) is 15.1.